The Bertz CT molecular complexity index is 1170. The van der Waals surface area contributed by atoms with E-state index < -0.39 is 11.7 Å². The molecule has 224 valence electrons. The molecule has 9 heteroatoms. The van der Waals surface area contributed by atoms with Crippen LogP contribution < -0.4 is 10.6 Å². The van der Waals surface area contributed by atoms with Crippen LogP contribution in [0.3, 0.4) is 0 Å². The fourth-order valence-electron chi connectivity index (χ4n) is 6.05. The van der Waals surface area contributed by atoms with Crippen molar-refractivity contribution in [3.8, 4) is 0 Å². The van der Waals surface area contributed by atoms with Crippen LogP contribution in [0.2, 0.25) is 0 Å². The van der Waals surface area contributed by atoms with Gasteiger partial charge in [-0.1, -0.05) is 31.4 Å². The zero-order chi connectivity index (χ0) is 29.6. The summed E-state index contributed by atoms with van der Waals surface area (Å²) in [6.07, 6.45) is 8.86. The Hall–Kier alpha value is -3.36. The molecule has 1 saturated heterocycles. The second-order valence-corrected chi connectivity index (χ2v) is 12.8. The monoisotopic (exact) mass is 565 g/mol. The molecule has 0 spiro atoms. The van der Waals surface area contributed by atoms with Crippen LogP contribution in [0, 0.1) is 5.92 Å². The van der Waals surface area contributed by atoms with Crippen molar-refractivity contribution in [1.29, 1.82) is 0 Å². The molecule has 1 aliphatic heterocycles. The maximum atomic E-state index is 13.4. The van der Waals surface area contributed by atoms with Gasteiger partial charge < -0.3 is 20.3 Å². The number of alkyl carbamates (subject to hydrolysis) is 1. The van der Waals surface area contributed by atoms with Gasteiger partial charge in [0.15, 0.2) is 0 Å². The number of rotatable bonds is 8. The number of ether oxygens (including phenoxy) is 1. The van der Waals surface area contributed by atoms with E-state index in [1.54, 1.807) is 16.9 Å². The highest BCUT2D eigenvalue weighted by molar-refractivity contribution is 6.03. The third-order valence-corrected chi connectivity index (χ3v) is 8.20. The molecule has 9 nitrogen and oxygen atoms in total. The number of piperidine rings is 1. The molecule has 1 aromatic heterocycles. The lowest BCUT2D eigenvalue weighted by Crippen LogP contribution is -2.47. The number of nitrogens with zero attached hydrogens (tertiary/aromatic N) is 3. The van der Waals surface area contributed by atoms with Gasteiger partial charge in [-0.05, 0) is 95.9 Å². The van der Waals surface area contributed by atoms with Crippen molar-refractivity contribution in [2.24, 2.45) is 5.92 Å². The summed E-state index contributed by atoms with van der Waals surface area (Å²) in [5.74, 6) is 0.597. The number of carbonyl (C=O) groups is 3. The highest BCUT2D eigenvalue weighted by atomic mass is 16.6. The number of likely N-dealkylation sites (tertiary alicyclic amines) is 1. The first-order chi connectivity index (χ1) is 19.5. The number of anilines is 1. The van der Waals surface area contributed by atoms with Gasteiger partial charge >= 0.3 is 6.09 Å². The van der Waals surface area contributed by atoms with Crippen LogP contribution in [0.5, 0.6) is 0 Å². The van der Waals surface area contributed by atoms with Crippen LogP contribution >= 0.6 is 0 Å². The minimum atomic E-state index is -0.575. The summed E-state index contributed by atoms with van der Waals surface area (Å²) < 4.78 is 7.22. The highest BCUT2D eigenvalue weighted by Crippen LogP contribution is 2.31. The first kappa shape index (κ1) is 30.6. The van der Waals surface area contributed by atoms with E-state index in [1.807, 2.05) is 51.7 Å². The number of carbonyl (C=O) groups excluding carboxylic acids is 3. The summed E-state index contributed by atoms with van der Waals surface area (Å²) in [6.45, 7) is 10.9. The Balaban J connectivity index is 1.29. The van der Waals surface area contributed by atoms with Crippen LogP contribution in [0.15, 0.2) is 36.5 Å². The molecular weight excluding hydrogens is 518 g/mol. The summed E-state index contributed by atoms with van der Waals surface area (Å²) in [7, 11) is 0. The molecule has 1 saturated carbocycles. The molecule has 1 aromatic carbocycles. The van der Waals surface area contributed by atoms with Crippen LogP contribution in [-0.4, -0.2) is 57.3 Å². The van der Waals surface area contributed by atoms with Crippen LogP contribution in [-0.2, 0) is 9.53 Å². The van der Waals surface area contributed by atoms with Gasteiger partial charge in [0, 0.05) is 43.5 Å². The van der Waals surface area contributed by atoms with Crippen LogP contribution in [0.4, 0.5) is 10.5 Å². The predicted molar refractivity (Wildman–Crippen MR) is 160 cm³/mol. The largest absolute Gasteiger partial charge is 0.444 e. The SMILES string of the molecule is CC(C)n1nccc1C(=O)Nc1ccc(C2CCN(C(=O)C[C@@H](NC(=O)OC(C)(C)C)C3CCCCC3)CC2)cc1. The Morgan fingerprint density at radius 2 is 1.63 bits per heavy atom. The second-order valence-electron chi connectivity index (χ2n) is 12.8. The average molecular weight is 566 g/mol. The molecule has 2 fully saturated rings. The van der Waals surface area contributed by atoms with Crippen molar-refractivity contribution in [2.75, 3.05) is 18.4 Å². The third kappa shape index (κ3) is 8.57. The van der Waals surface area contributed by atoms with Crippen molar-refractivity contribution < 1.29 is 19.1 Å². The van der Waals surface area contributed by atoms with Gasteiger partial charge in [-0.15, -0.1) is 0 Å². The molecule has 1 aliphatic carbocycles. The molecule has 2 N–H and O–H groups in total. The third-order valence-electron chi connectivity index (χ3n) is 8.20. The van der Waals surface area contributed by atoms with Crippen LogP contribution in [0.1, 0.15) is 114 Å². The van der Waals surface area contributed by atoms with E-state index in [9.17, 15) is 14.4 Å². The lowest BCUT2D eigenvalue weighted by molar-refractivity contribution is -0.133. The van der Waals surface area contributed by atoms with Crippen molar-refractivity contribution >= 4 is 23.6 Å². The average Bonchev–Trinajstić information content (AvgIpc) is 3.44. The second kappa shape index (κ2) is 13.5. The Morgan fingerprint density at radius 1 is 0.976 bits per heavy atom. The van der Waals surface area contributed by atoms with E-state index in [2.05, 4.69) is 27.9 Å². The molecular formula is C32H47N5O4. The topological polar surface area (TPSA) is 106 Å². The van der Waals surface area contributed by atoms with Gasteiger partial charge in [0.1, 0.15) is 11.3 Å². The fourth-order valence-corrected chi connectivity index (χ4v) is 6.05. The molecule has 3 amide bonds. The van der Waals surface area contributed by atoms with Crippen LogP contribution in [0.25, 0.3) is 0 Å². The number of nitrogens with one attached hydrogen (secondary N) is 2. The molecule has 0 bridgehead atoms. The van der Waals surface area contributed by atoms with E-state index in [0.717, 1.165) is 44.2 Å². The van der Waals surface area contributed by atoms with E-state index in [4.69, 9.17) is 4.74 Å². The lowest BCUT2D eigenvalue weighted by Gasteiger charge is -2.35. The standard InChI is InChI=1S/C32H47N5O4/c1-22(2)37-28(15-18-33-37)30(39)34-26-13-11-23(12-14-26)24-16-19-36(20-17-24)29(38)21-27(25-9-7-6-8-10-25)35-31(40)41-32(3,4)5/h11-15,18,22,24-25,27H,6-10,16-17,19-21H2,1-5H3,(H,34,39)(H,35,40)/t27-/m1/s1. The van der Waals surface area contributed by atoms with Gasteiger partial charge in [-0.3, -0.25) is 14.3 Å². The number of amides is 3. The summed E-state index contributed by atoms with van der Waals surface area (Å²) in [5, 5.41) is 10.3. The molecule has 41 heavy (non-hydrogen) atoms. The van der Waals surface area contributed by atoms with Crippen molar-refractivity contribution in [3.05, 3.63) is 47.8 Å². The van der Waals surface area contributed by atoms with E-state index in [0.29, 0.717) is 37.0 Å². The van der Waals surface area contributed by atoms with Crippen molar-refractivity contribution in [1.82, 2.24) is 20.0 Å². The summed E-state index contributed by atoms with van der Waals surface area (Å²) in [5.41, 5.74) is 1.92. The summed E-state index contributed by atoms with van der Waals surface area (Å²) in [6, 6.07) is 9.66. The predicted octanol–water partition coefficient (Wildman–Crippen LogP) is 6.29. The smallest absolute Gasteiger partial charge is 0.407 e. The Labute approximate surface area is 244 Å². The molecule has 2 heterocycles. The zero-order valence-electron chi connectivity index (χ0n) is 25.3. The van der Waals surface area contributed by atoms with Gasteiger partial charge in [0.05, 0.1) is 0 Å². The molecule has 1 atom stereocenters. The normalized spacial score (nSPS) is 17.8. The summed E-state index contributed by atoms with van der Waals surface area (Å²) >= 11 is 0. The maximum Gasteiger partial charge on any atom is 0.407 e. The van der Waals surface area contributed by atoms with E-state index >= 15 is 0 Å². The van der Waals surface area contributed by atoms with E-state index in [1.165, 1.54) is 12.0 Å². The van der Waals surface area contributed by atoms with Crippen molar-refractivity contribution in [2.45, 2.75) is 110 Å². The number of benzene rings is 1. The van der Waals surface area contributed by atoms with Crippen molar-refractivity contribution in [3.63, 3.8) is 0 Å². The Morgan fingerprint density at radius 3 is 2.24 bits per heavy atom. The van der Waals surface area contributed by atoms with Gasteiger partial charge in [0.25, 0.3) is 5.91 Å². The minimum absolute atomic E-state index is 0.102. The number of aromatic nitrogens is 2. The number of hydrogen-bond donors (Lipinski definition) is 2. The van der Waals surface area contributed by atoms with E-state index in [-0.39, 0.29) is 23.9 Å². The fraction of sp³-hybridized carbons (Fsp3) is 0.625. The van der Waals surface area contributed by atoms with Gasteiger partial charge in [0.2, 0.25) is 5.91 Å². The van der Waals surface area contributed by atoms with Gasteiger partial charge in [-0.25, -0.2) is 4.79 Å². The molecule has 0 unspecified atom stereocenters. The molecule has 2 aliphatic rings. The number of hydrogen-bond acceptors (Lipinski definition) is 5. The first-order valence-corrected chi connectivity index (χ1v) is 15.2. The maximum absolute atomic E-state index is 13.4. The minimum Gasteiger partial charge on any atom is -0.444 e. The molecule has 4 rings (SSSR count). The highest BCUT2D eigenvalue weighted by Gasteiger charge is 2.32. The zero-order valence-corrected chi connectivity index (χ0v) is 25.3. The molecule has 0 radical (unpaired) electrons. The Kier molecular flexibility index (Phi) is 10.1. The molecule has 2 aromatic rings. The van der Waals surface area contributed by atoms with Gasteiger partial charge in [-0.2, -0.15) is 5.10 Å². The quantitative estimate of drug-likeness (QED) is 0.392. The lowest BCUT2D eigenvalue weighted by atomic mass is 9.82. The summed E-state index contributed by atoms with van der Waals surface area (Å²) in [4.78, 5) is 40.6. The first-order valence-electron chi connectivity index (χ1n) is 15.2.